The lowest BCUT2D eigenvalue weighted by molar-refractivity contribution is -0.137. The molecule has 0 N–H and O–H groups in total. The second-order valence-electron chi connectivity index (χ2n) is 9.30. The number of carbonyl (C=O) groups excluding carboxylic acids is 1. The molecule has 0 unspecified atom stereocenters. The number of amides is 1. The molecule has 1 aliphatic rings. The molecule has 1 fully saturated rings. The molecule has 1 amide bonds. The third kappa shape index (κ3) is 6.89. The summed E-state index contributed by atoms with van der Waals surface area (Å²) < 4.78 is 38.1. The average molecular weight is 497 g/mol. The maximum Gasteiger partial charge on any atom is 0.417 e. The predicted octanol–water partition coefficient (Wildman–Crippen LogP) is 6.98. The quantitative estimate of drug-likeness (QED) is 0.269. The van der Waals surface area contributed by atoms with Crippen LogP contribution < -0.4 is 4.90 Å². The Morgan fingerprint density at radius 2 is 1.75 bits per heavy atom. The molecular weight excluding hydrogens is 465 g/mol. The molecule has 0 saturated heterocycles. The van der Waals surface area contributed by atoms with Crippen molar-refractivity contribution in [1.82, 2.24) is 15.0 Å². The highest BCUT2D eigenvalue weighted by atomic mass is 19.4. The number of carbonyl (C=O) groups is 1. The number of alkyl halides is 3. The monoisotopic (exact) mass is 496 g/mol. The number of halogens is 3. The molecule has 36 heavy (non-hydrogen) atoms. The summed E-state index contributed by atoms with van der Waals surface area (Å²) in [4.78, 5) is 27.7. The lowest BCUT2D eigenvalue weighted by atomic mass is 10.1. The first kappa shape index (κ1) is 25.8. The molecule has 0 aliphatic heterocycles. The summed E-state index contributed by atoms with van der Waals surface area (Å²) in [5.74, 6) is 1.49. The van der Waals surface area contributed by atoms with E-state index in [9.17, 15) is 18.0 Å². The van der Waals surface area contributed by atoms with Gasteiger partial charge in [0, 0.05) is 54.4 Å². The first-order valence-corrected chi connectivity index (χ1v) is 12.6. The molecule has 2 heterocycles. The van der Waals surface area contributed by atoms with Crippen LogP contribution in [0, 0.1) is 0 Å². The maximum absolute atomic E-state index is 12.9. The minimum Gasteiger partial charge on any atom is -0.312 e. The van der Waals surface area contributed by atoms with Crippen molar-refractivity contribution in [3.63, 3.8) is 0 Å². The highest BCUT2D eigenvalue weighted by Crippen LogP contribution is 2.38. The van der Waals surface area contributed by atoms with Crippen LogP contribution in [0.1, 0.15) is 74.9 Å². The number of rotatable bonds is 11. The zero-order valence-electron chi connectivity index (χ0n) is 20.5. The van der Waals surface area contributed by atoms with Crippen molar-refractivity contribution in [3.8, 4) is 11.1 Å². The molecule has 5 nitrogen and oxygen atoms in total. The van der Waals surface area contributed by atoms with E-state index in [0.717, 1.165) is 73.4 Å². The summed E-state index contributed by atoms with van der Waals surface area (Å²) >= 11 is 0. The lowest BCUT2D eigenvalue weighted by Crippen LogP contribution is -2.31. The van der Waals surface area contributed by atoms with Crippen LogP contribution in [-0.2, 0) is 17.4 Å². The van der Waals surface area contributed by atoms with Crippen molar-refractivity contribution in [1.29, 1.82) is 0 Å². The number of unbranched alkanes of at least 4 members (excludes halogenated alkanes) is 2. The molecule has 2 aromatic heterocycles. The van der Waals surface area contributed by atoms with E-state index in [1.54, 1.807) is 0 Å². The Morgan fingerprint density at radius 1 is 0.972 bits per heavy atom. The van der Waals surface area contributed by atoms with Gasteiger partial charge in [-0.15, -0.1) is 0 Å². The van der Waals surface area contributed by atoms with Crippen molar-refractivity contribution in [2.24, 2.45) is 0 Å². The van der Waals surface area contributed by atoms with Gasteiger partial charge in [-0.2, -0.15) is 13.2 Å². The number of nitrogens with zero attached hydrogens (tertiary/aromatic N) is 4. The summed E-state index contributed by atoms with van der Waals surface area (Å²) in [6, 6.07) is 10.4. The fourth-order valence-electron chi connectivity index (χ4n) is 4.13. The second-order valence-corrected chi connectivity index (χ2v) is 9.30. The summed E-state index contributed by atoms with van der Waals surface area (Å²) in [7, 11) is 0. The number of aromatic nitrogens is 3. The molecular formula is C28H31F3N4O. The molecule has 1 aromatic carbocycles. The Balaban J connectivity index is 1.35. The minimum absolute atomic E-state index is 0.0828. The van der Waals surface area contributed by atoms with Gasteiger partial charge in [0.15, 0.2) is 0 Å². The molecule has 1 saturated carbocycles. The normalized spacial score (nSPS) is 13.6. The van der Waals surface area contributed by atoms with E-state index in [2.05, 4.69) is 15.0 Å². The molecule has 3 aromatic rings. The van der Waals surface area contributed by atoms with Gasteiger partial charge < -0.3 is 4.90 Å². The lowest BCUT2D eigenvalue weighted by Gasteiger charge is -2.23. The Morgan fingerprint density at radius 3 is 2.39 bits per heavy atom. The Labute approximate surface area is 209 Å². The SMILES string of the molecule is CCCC(=O)N(CCCCCc1ccc(C(F)(F)F)cn1)c1cccc(-c2cnc(C3CC3)nc2)c1. The molecule has 1 aliphatic carbocycles. The third-order valence-electron chi connectivity index (χ3n) is 6.34. The van der Waals surface area contributed by atoms with Crippen molar-refractivity contribution >= 4 is 11.6 Å². The number of pyridine rings is 1. The number of hydrogen-bond acceptors (Lipinski definition) is 4. The van der Waals surface area contributed by atoms with E-state index in [1.165, 1.54) is 6.07 Å². The van der Waals surface area contributed by atoms with Gasteiger partial charge in [0.2, 0.25) is 5.91 Å². The highest BCUT2D eigenvalue weighted by Gasteiger charge is 2.30. The number of anilines is 1. The van der Waals surface area contributed by atoms with Gasteiger partial charge in [-0.3, -0.25) is 9.78 Å². The number of hydrogen-bond donors (Lipinski definition) is 0. The predicted molar refractivity (Wildman–Crippen MR) is 133 cm³/mol. The van der Waals surface area contributed by atoms with E-state index in [4.69, 9.17) is 0 Å². The summed E-state index contributed by atoms with van der Waals surface area (Å²) in [5.41, 5.74) is 2.65. The van der Waals surface area contributed by atoms with Crippen LogP contribution in [-0.4, -0.2) is 27.4 Å². The smallest absolute Gasteiger partial charge is 0.312 e. The Hall–Kier alpha value is -3.29. The van der Waals surface area contributed by atoms with Crippen LogP contribution in [0.3, 0.4) is 0 Å². The first-order valence-electron chi connectivity index (χ1n) is 12.6. The van der Waals surface area contributed by atoms with Gasteiger partial charge in [-0.1, -0.05) is 25.5 Å². The average Bonchev–Trinajstić information content (AvgIpc) is 3.72. The topological polar surface area (TPSA) is 59.0 Å². The first-order chi connectivity index (χ1) is 17.3. The van der Waals surface area contributed by atoms with Crippen molar-refractivity contribution in [3.05, 3.63) is 72.1 Å². The van der Waals surface area contributed by atoms with Gasteiger partial charge in [-0.25, -0.2) is 9.97 Å². The molecule has 0 spiro atoms. The van der Waals surface area contributed by atoms with Crippen LogP contribution >= 0.6 is 0 Å². The van der Waals surface area contributed by atoms with Crippen LogP contribution in [0.4, 0.5) is 18.9 Å². The van der Waals surface area contributed by atoms with Crippen molar-refractivity contribution in [2.75, 3.05) is 11.4 Å². The standard InChI is InChI=1S/C28H31F3N4O/c1-2-7-26(36)35(15-5-3-4-9-24-14-13-23(19-32-24)28(29,30)31)25-10-6-8-21(16-25)22-17-33-27(34-18-22)20-11-12-20/h6,8,10,13-14,16-20H,2-5,7,9,11-12,15H2,1H3. The molecule has 0 bridgehead atoms. The van der Waals surface area contributed by atoms with Crippen LogP contribution in [0.2, 0.25) is 0 Å². The largest absolute Gasteiger partial charge is 0.417 e. The van der Waals surface area contributed by atoms with E-state index < -0.39 is 11.7 Å². The summed E-state index contributed by atoms with van der Waals surface area (Å²) in [6.07, 6.45) is 6.81. The van der Waals surface area contributed by atoms with Gasteiger partial charge >= 0.3 is 6.18 Å². The van der Waals surface area contributed by atoms with E-state index in [1.807, 2.05) is 48.5 Å². The Kier molecular flexibility index (Phi) is 8.33. The maximum atomic E-state index is 12.9. The fraction of sp³-hybridized carbons (Fsp3) is 0.429. The second kappa shape index (κ2) is 11.6. The van der Waals surface area contributed by atoms with Crippen LogP contribution in [0.5, 0.6) is 0 Å². The zero-order chi connectivity index (χ0) is 25.5. The highest BCUT2D eigenvalue weighted by molar-refractivity contribution is 5.94. The third-order valence-corrected chi connectivity index (χ3v) is 6.34. The van der Waals surface area contributed by atoms with Crippen molar-refractivity contribution < 1.29 is 18.0 Å². The molecule has 0 atom stereocenters. The molecule has 8 heteroatoms. The van der Waals surface area contributed by atoms with Crippen LogP contribution in [0.25, 0.3) is 11.1 Å². The van der Waals surface area contributed by atoms with Gasteiger partial charge in [0.25, 0.3) is 0 Å². The molecule has 190 valence electrons. The summed E-state index contributed by atoms with van der Waals surface area (Å²) in [6.45, 7) is 2.57. The van der Waals surface area contributed by atoms with Gasteiger partial charge in [0.05, 0.1) is 5.56 Å². The number of aryl methyl sites for hydroxylation is 1. The van der Waals surface area contributed by atoms with Gasteiger partial charge in [0.1, 0.15) is 5.82 Å². The van der Waals surface area contributed by atoms with Crippen LogP contribution in [0.15, 0.2) is 55.0 Å². The Bertz CT molecular complexity index is 1140. The van der Waals surface area contributed by atoms with E-state index in [-0.39, 0.29) is 5.91 Å². The minimum atomic E-state index is -4.37. The summed E-state index contributed by atoms with van der Waals surface area (Å²) in [5, 5.41) is 0. The zero-order valence-corrected chi connectivity index (χ0v) is 20.5. The fourth-order valence-corrected chi connectivity index (χ4v) is 4.13. The number of benzene rings is 1. The van der Waals surface area contributed by atoms with Gasteiger partial charge in [-0.05, 0) is 68.4 Å². The molecule has 0 radical (unpaired) electrons. The molecule has 4 rings (SSSR count). The van der Waals surface area contributed by atoms with Crippen molar-refractivity contribution in [2.45, 2.75) is 70.4 Å². The van der Waals surface area contributed by atoms with E-state index in [0.29, 0.717) is 31.0 Å². The van der Waals surface area contributed by atoms with E-state index >= 15 is 0 Å².